The van der Waals surface area contributed by atoms with Gasteiger partial charge in [-0.1, -0.05) is 29.4 Å². The summed E-state index contributed by atoms with van der Waals surface area (Å²) in [6.07, 6.45) is 2.42. The monoisotopic (exact) mass is 370 g/mol. The molecule has 136 valence electrons. The highest BCUT2D eigenvalue weighted by Crippen LogP contribution is 2.23. The van der Waals surface area contributed by atoms with Gasteiger partial charge >= 0.3 is 0 Å². The predicted octanol–water partition coefficient (Wildman–Crippen LogP) is 2.52. The van der Waals surface area contributed by atoms with Gasteiger partial charge in [0.1, 0.15) is 0 Å². The van der Waals surface area contributed by atoms with Crippen LogP contribution in [-0.4, -0.2) is 50.6 Å². The molecule has 2 atom stereocenters. The van der Waals surface area contributed by atoms with E-state index >= 15 is 0 Å². The molecule has 1 saturated heterocycles. The highest BCUT2D eigenvalue weighted by Gasteiger charge is 2.32. The molecule has 3 aromatic rings. The van der Waals surface area contributed by atoms with E-state index in [4.69, 9.17) is 9.51 Å². The Balaban J connectivity index is 1.39. The van der Waals surface area contributed by atoms with E-state index in [1.807, 2.05) is 24.5 Å². The zero-order valence-electron chi connectivity index (χ0n) is 14.7. The largest absolute Gasteiger partial charge is 0.391 e. The minimum atomic E-state index is -0.364. The van der Waals surface area contributed by atoms with Gasteiger partial charge in [0.15, 0.2) is 5.82 Å². The van der Waals surface area contributed by atoms with E-state index in [1.165, 1.54) is 0 Å². The first-order chi connectivity index (χ1) is 12.7. The highest BCUT2D eigenvalue weighted by atomic mass is 32.2. The molecule has 3 heterocycles. The lowest BCUT2D eigenvalue weighted by atomic mass is 9.99. The van der Waals surface area contributed by atoms with E-state index < -0.39 is 0 Å². The van der Waals surface area contributed by atoms with Gasteiger partial charge in [-0.3, -0.25) is 9.88 Å². The zero-order valence-corrected chi connectivity index (χ0v) is 15.5. The van der Waals surface area contributed by atoms with Gasteiger partial charge in [-0.25, -0.2) is 0 Å². The average Bonchev–Trinajstić information content (AvgIpc) is 3.22. The SMILES string of the molecule is CSCc1noc(CN2C[C@@H](Cc3ccc4ccccc4n3)[C@H](O)C2)n1. The first-order valence-corrected chi connectivity index (χ1v) is 10.2. The molecular weight excluding hydrogens is 348 g/mol. The second kappa shape index (κ2) is 7.73. The van der Waals surface area contributed by atoms with Crippen LogP contribution in [0.4, 0.5) is 0 Å². The third-order valence-corrected chi connectivity index (χ3v) is 5.30. The minimum Gasteiger partial charge on any atom is -0.391 e. The Kier molecular flexibility index (Phi) is 5.19. The number of rotatable bonds is 6. The zero-order chi connectivity index (χ0) is 17.9. The Labute approximate surface area is 156 Å². The van der Waals surface area contributed by atoms with Crippen molar-refractivity contribution >= 4 is 22.7 Å². The normalized spacial score (nSPS) is 20.8. The summed E-state index contributed by atoms with van der Waals surface area (Å²) >= 11 is 1.67. The summed E-state index contributed by atoms with van der Waals surface area (Å²) in [6, 6.07) is 12.3. The lowest BCUT2D eigenvalue weighted by Gasteiger charge is -2.13. The van der Waals surface area contributed by atoms with Gasteiger partial charge in [0.05, 0.1) is 23.9 Å². The van der Waals surface area contributed by atoms with Gasteiger partial charge in [-0.2, -0.15) is 16.7 Å². The fraction of sp³-hybridized carbons (Fsp3) is 0.421. The van der Waals surface area contributed by atoms with Gasteiger partial charge in [-0.15, -0.1) is 0 Å². The lowest BCUT2D eigenvalue weighted by Crippen LogP contribution is -2.21. The number of aliphatic hydroxyl groups excluding tert-OH is 1. The molecule has 0 unspecified atom stereocenters. The first kappa shape index (κ1) is 17.5. The number of β-amino-alcohol motifs (C(OH)–C–C–N with tert-alkyl or cyclic N) is 1. The van der Waals surface area contributed by atoms with Crippen LogP contribution in [0, 0.1) is 5.92 Å². The molecular formula is C19H22N4O2S. The van der Waals surface area contributed by atoms with Crippen molar-refractivity contribution in [3.63, 3.8) is 0 Å². The first-order valence-electron chi connectivity index (χ1n) is 8.77. The van der Waals surface area contributed by atoms with Gasteiger partial charge in [0, 0.05) is 30.1 Å². The molecule has 0 amide bonds. The van der Waals surface area contributed by atoms with Crippen molar-refractivity contribution in [2.24, 2.45) is 5.92 Å². The molecule has 0 bridgehead atoms. The van der Waals surface area contributed by atoms with Crippen LogP contribution in [0.5, 0.6) is 0 Å². The molecule has 4 rings (SSSR count). The molecule has 6 nitrogen and oxygen atoms in total. The maximum atomic E-state index is 10.5. The molecule has 7 heteroatoms. The molecule has 26 heavy (non-hydrogen) atoms. The second-order valence-corrected chi connectivity index (χ2v) is 7.62. The van der Waals surface area contributed by atoms with E-state index in [2.05, 4.69) is 33.2 Å². The van der Waals surface area contributed by atoms with Crippen molar-refractivity contribution < 1.29 is 9.63 Å². The summed E-state index contributed by atoms with van der Waals surface area (Å²) in [4.78, 5) is 11.3. The number of aromatic nitrogens is 3. The number of thioether (sulfide) groups is 1. The quantitative estimate of drug-likeness (QED) is 0.714. The molecule has 1 aromatic carbocycles. The lowest BCUT2D eigenvalue weighted by molar-refractivity contribution is 0.139. The molecule has 0 saturated carbocycles. The van der Waals surface area contributed by atoms with Gasteiger partial charge in [0.25, 0.3) is 0 Å². The van der Waals surface area contributed by atoms with Crippen molar-refractivity contribution in [3.8, 4) is 0 Å². The second-order valence-electron chi connectivity index (χ2n) is 6.76. The maximum Gasteiger partial charge on any atom is 0.240 e. The molecule has 0 aliphatic carbocycles. The maximum absolute atomic E-state index is 10.5. The van der Waals surface area contributed by atoms with Gasteiger partial charge in [-0.05, 0) is 24.8 Å². The average molecular weight is 370 g/mol. The molecule has 1 N–H and O–H groups in total. The summed E-state index contributed by atoms with van der Waals surface area (Å²) in [5.74, 6) is 2.26. The number of likely N-dealkylation sites (tertiary alicyclic amines) is 1. The van der Waals surface area contributed by atoms with Crippen molar-refractivity contribution in [1.82, 2.24) is 20.0 Å². The molecule has 1 fully saturated rings. The molecule has 0 spiro atoms. The van der Waals surface area contributed by atoms with Crippen LogP contribution in [0.2, 0.25) is 0 Å². The third-order valence-electron chi connectivity index (χ3n) is 4.75. The van der Waals surface area contributed by atoms with E-state index in [0.717, 1.165) is 41.1 Å². The topological polar surface area (TPSA) is 75.3 Å². The van der Waals surface area contributed by atoms with Crippen molar-refractivity contribution in [1.29, 1.82) is 0 Å². The van der Waals surface area contributed by atoms with Gasteiger partial charge in [0.2, 0.25) is 5.89 Å². The van der Waals surface area contributed by atoms with E-state index in [9.17, 15) is 5.11 Å². The Morgan fingerprint density at radius 2 is 2.08 bits per heavy atom. The standard InChI is InChI=1S/C19H22N4O2S/c1-26-12-18-21-19(25-22-18)11-23-9-14(17(24)10-23)8-15-7-6-13-4-2-3-5-16(13)20-15/h2-7,14,17,24H,8-12H2,1H3/t14-,17-/m1/s1. The Morgan fingerprint density at radius 3 is 2.96 bits per heavy atom. The number of nitrogens with zero attached hydrogens (tertiary/aromatic N) is 4. The number of benzene rings is 1. The van der Waals surface area contributed by atoms with E-state index in [0.29, 0.717) is 19.0 Å². The fourth-order valence-electron chi connectivity index (χ4n) is 3.50. The molecule has 0 radical (unpaired) electrons. The smallest absolute Gasteiger partial charge is 0.240 e. The Morgan fingerprint density at radius 1 is 1.19 bits per heavy atom. The van der Waals surface area contributed by atoms with Crippen LogP contribution in [0.1, 0.15) is 17.4 Å². The predicted molar refractivity (Wildman–Crippen MR) is 102 cm³/mol. The van der Waals surface area contributed by atoms with Crippen molar-refractivity contribution in [2.45, 2.75) is 24.8 Å². The van der Waals surface area contributed by atoms with E-state index in [-0.39, 0.29) is 12.0 Å². The number of para-hydroxylation sites is 1. The number of hydrogen-bond acceptors (Lipinski definition) is 7. The highest BCUT2D eigenvalue weighted by molar-refractivity contribution is 7.97. The Hall–Kier alpha value is -1.96. The third kappa shape index (κ3) is 3.90. The van der Waals surface area contributed by atoms with Crippen LogP contribution >= 0.6 is 11.8 Å². The van der Waals surface area contributed by atoms with E-state index in [1.54, 1.807) is 11.8 Å². The summed E-state index contributed by atoms with van der Waals surface area (Å²) in [5, 5.41) is 15.6. The van der Waals surface area contributed by atoms with Crippen molar-refractivity contribution in [3.05, 3.63) is 53.8 Å². The van der Waals surface area contributed by atoms with Crippen LogP contribution in [-0.2, 0) is 18.7 Å². The summed E-state index contributed by atoms with van der Waals surface area (Å²) in [7, 11) is 0. The van der Waals surface area contributed by atoms with Crippen LogP contribution in [0.25, 0.3) is 10.9 Å². The van der Waals surface area contributed by atoms with Crippen LogP contribution in [0.15, 0.2) is 40.9 Å². The number of pyridine rings is 1. The molecule has 1 aliphatic heterocycles. The van der Waals surface area contributed by atoms with Crippen LogP contribution < -0.4 is 0 Å². The number of fused-ring (bicyclic) bond motifs is 1. The molecule has 2 aromatic heterocycles. The minimum absolute atomic E-state index is 0.164. The summed E-state index contributed by atoms with van der Waals surface area (Å²) in [6.45, 7) is 2.01. The van der Waals surface area contributed by atoms with Crippen LogP contribution in [0.3, 0.4) is 0 Å². The Bertz CT molecular complexity index is 885. The summed E-state index contributed by atoms with van der Waals surface area (Å²) in [5.41, 5.74) is 2.02. The number of aliphatic hydroxyl groups is 1. The molecule has 1 aliphatic rings. The fourth-order valence-corrected chi connectivity index (χ4v) is 3.87. The summed E-state index contributed by atoms with van der Waals surface area (Å²) < 4.78 is 5.31. The van der Waals surface area contributed by atoms with Gasteiger partial charge < -0.3 is 9.63 Å². The van der Waals surface area contributed by atoms with Crippen molar-refractivity contribution in [2.75, 3.05) is 19.3 Å². The number of hydrogen-bond donors (Lipinski definition) is 1.